The van der Waals surface area contributed by atoms with Crippen molar-refractivity contribution < 1.29 is 0 Å². The second-order valence-electron chi connectivity index (χ2n) is 8.37. The van der Waals surface area contributed by atoms with Crippen LogP contribution in [0.1, 0.15) is 45.6 Å². The Morgan fingerprint density at radius 1 is 1.21 bits per heavy atom. The normalized spacial score (nSPS) is 14.0. The molecular weight excluding hydrogens is 444 g/mol. The minimum atomic E-state index is 0.280. The highest BCUT2D eigenvalue weighted by Crippen LogP contribution is 2.35. The average Bonchev–Trinajstić information content (AvgIpc) is 3.34. The number of thiazole rings is 1. The van der Waals surface area contributed by atoms with Gasteiger partial charge in [0.2, 0.25) is 5.95 Å². The molecule has 34 heavy (non-hydrogen) atoms. The number of anilines is 1. The Morgan fingerprint density at radius 2 is 2.03 bits per heavy atom. The lowest BCUT2D eigenvalue weighted by Crippen LogP contribution is -2.39. The lowest BCUT2D eigenvalue weighted by molar-refractivity contribution is 0.388. The summed E-state index contributed by atoms with van der Waals surface area (Å²) in [6.45, 7) is 7.99. The zero-order valence-electron chi connectivity index (χ0n) is 20.5. The number of nitrogens with one attached hydrogen (secondary N) is 1. The van der Waals surface area contributed by atoms with Crippen molar-refractivity contribution in [3.8, 4) is 11.3 Å². The number of fused-ring (bicyclic) bond motifs is 1. The summed E-state index contributed by atoms with van der Waals surface area (Å²) >= 11 is 1.58. The van der Waals surface area contributed by atoms with Gasteiger partial charge in [-0.15, -0.1) is 21.5 Å². The van der Waals surface area contributed by atoms with E-state index in [9.17, 15) is 0 Å². The average molecular weight is 481 g/mol. The van der Waals surface area contributed by atoms with Gasteiger partial charge in [0.25, 0.3) is 0 Å². The second kappa shape index (κ2) is 12.4. The van der Waals surface area contributed by atoms with Crippen LogP contribution in [0.3, 0.4) is 0 Å². The first-order valence-corrected chi connectivity index (χ1v) is 12.7. The fourth-order valence-electron chi connectivity index (χ4n) is 4.30. The first-order chi connectivity index (χ1) is 16.5. The quantitative estimate of drug-likeness (QED) is 0.331. The maximum atomic E-state index is 5.89. The Hall–Kier alpha value is -3.04. The van der Waals surface area contributed by atoms with Crippen LogP contribution < -0.4 is 21.7 Å². The van der Waals surface area contributed by atoms with Gasteiger partial charge >= 0.3 is 0 Å². The fraction of sp³-hybridized carbons (Fsp3) is 0.440. The number of hydrogen-bond donors (Lipinski definition) is 3. The summed E-state index contributed by atoms with van der Waals surface area (Å²) in [5.41, 5.74) is 18.0. The Bertz CT molecular complexity index is 1110. The van der Waals surface area contributed by atoms with Crippen molar-refractivity contribution in [1.29, 1.82) is 0 Å². The van der Waals surface area contributed by atoms with E-state index in [0.717, 1.165) is 58.4 Å². The number of benzene rings is 1. The van der Waals surface area contributed by atoms with Gasteiger partial charge in [-0.2, -0.15) is 0 Å². The number of rotatable bonds is 12. The summed E-state index contributed by atoms with van der Waals surface area (Å²) < 4.78 is 1.04. The van der Waals surface area contributed by atoms with Crippen molar-refractivity contribution in [3.63, 3.8) is 0 Å². The summed E-state index contributed by atoms with van der Waals surface area (Å²) in [4.78, 5) is 11.4. The molecule has 0 amide bonds. The van der Waals surface area contributed by atoms with Crippen LogP contribution in [0, 0.1) is 5.92 Å². The zero-order chi connectivity index (χ0) is 24.5. The van der Waals surface area contributed by atoms with Crippen LogP contribution in [0.25, 0.3) is 27.0 Å². The molecule has 2 aromatic heterocycles. The van der Waals surface area contributed by atoms with Gasteiger partial charge in [0.1, 0.15) is 5.69 Å². The van der Waals surface area contributed by atoms with Gasteiger partial charge in [0, 0.05) is 42.5 Å². The molecule has 3 rings (SSSR count). The molecule has 3 aromatic rings. The van der Waals surface area contributed by atoms with Gasteiger partial charge < -0.3 is 21.7 Å². The third-order valence-electron chi connectivity index (χ3n) is 6.03. The topological polar surface area (TPSA) is 119 Å². The predicted octanol–water partition coefficient (Wildman–Crippen LogP) is 4.16. The molecule has 5 N–H and O–H groups in total. The smallest absolute Gasteiger partial charge is 0.245 e. The molecule has 0 bridgehead atoms. The molecule has 8 nitrogen and oxygen atoms in total. The predicted molar refractivity (Wildman–Crippen MR) is 143 cm³/mol. The van der Waals surface area contributed by atoms with Gasteiger partial charge in [-0.1, -0.05) is 32.4 Å². The molecule has 1 aromatic carbocycles. The van der Waals surface area contributed by atoms with Gasteiger partial charge in [0.15, 0.2) is 0 Å². The standard InChI is InChI=1S/C25H36N8S/c1-5-7-17(3)22(11-13-27)33(4)25-29-15-21(31-32-25)20-9-8-19(23-24(20)34-16-30-23)18(10-12-26)14-28-6-2/h8-10,12,14-17,22,28H,5-7,11,13,26-27H2,1-4H3/b12-10-,18-14+. The monoisotopic (exact) mass is 480 g/mol. The lowest BCUT2D eigenvalue weighted by Gasteiger charge is -2.32. The third kappa shape index (κ3) is 5.71. The second-order valence-corrected chi connectivity index (χ2v) is 9.23. The van der Waals surface area contributed by atoms with Crippen molar-refractivity contribution in [2.45, 2.75) is 46.1 Å². The van der Waals surface area contributed by atoms with Crippen molar-refractivity contribution in [1.82, 2.24) is 25.5 Å². The molecular formula is C25H36N8S. The van der Waals surface area contributed by atoms with Gasteiger partial charge in [-0.05, 0) is 44.5 Å². The minimum absolute atomic E-state index is 0.280. The van der Waals surface area contributed by atoms with E-state index in [0.29, 0.717) is 18.4 Å². The molecule has 2 unspecified atom stereocenters. The highest BCUT2D eigenvalue weighted by atomic mass is 32.1. The highest BCUT2D eigenvalue weighted by molar-refractivity contribution is 7.17. The van der Waals surface area contributed by atoms with Crippen LogP contribution in [-0.2, 0) is 0 Å². The Kier molecular flexibility index (Phi) is 9.35. The largest absolute Gasteiger partial charge is 0.405 e. The van der Waals surface area contributed by atoms with E-state index < -0.39 is 0 Å². The number of nitrogens with zero attached hydrogens (tertiary/aromatic N) is 5. The van der Waals surface area contributed by atoms with E-state index in [4.69, 9.17) is 11.5 Å². The van der Waals surface area contributed by atoms with Crippen LogP contribution in [-0.4, -0.2) is 46.3 Å². The van der Waals surface area contributed by atoms with Crippen LogP contribution in [0.2, 0.25) is 0 Å². The molecule has 2 heterocycles. The number of hydrogen-bond acceptors (Lipinski definition) is 9. The molecule has 0 fully saturated rings. The number of nitrogens with two attached hydrogens (primary N) is 2. The number of allylic oxidation sites excluding steroid dienone is 2. The summed E-state index contributed by atoms with van der Waals surface area (Å²) in [5.74, 6) is 1.12. The van der Waals surface area contributed by atoms with Crippen molar-refractivity contribution in [2.75, 3.05) is 25.0 Å². The van der Waals surface area contributed by atoms with Gasteiger partial charge in [-0.3, -0.25) is 0 Å². The maximum Gasteiger partial charge on any atom is 0.245 e. The molecule has 2 atom stereocenters. The first kappa shape index (κ1) is 25.6. The van der Waals surface area contributed by atoms with Crippen LogP contribution in [0.5, 0.6) is 0 Å². The summed E-state index contributed by atoms with van der Waals surface area (Å²) in [6.07, 6.45) is 10.3. The summed E-state index contributed by atoms with van der Waals surface area (Å²) in [5, 5.41) is 12.3. The summed E-state index contributed by atoms with van der Waals surface area (Å²) in [7, 11) is 2.03. The first-order valence-electron chi connectivity index (χ1n) is 11.9. The van der Waals surface area contributed by atoms with E-state index in [2.05, 4.69) is 57.2 Å². The van der Waals surface area contributed by atoms with E-state index >= 15 is 0 Å². The van der Waals surface area contributed by atoms with Gasteiger partial charge in [-0.25, -0.2) is 9.97 Å². The van der Waals surface area contributed by atoms with Crippen LogP contribution in [0.4, 0.5) is 5.95 Å². The SMILES string of the molecule is CCCC(C)C(CCN)N(C)c1ncc(-c2ccc(C(/C=C\N)=C/NCC)c3ncsc23)nn1. The molecule has 0 saturated heterocycles. The third-order valence-corrected chi connectivity index (χ3v) is 6.89. The van der Waals surface area contributed by atoms with E-state index in [-0.39, 0.29) is 6.04 Å². The molecule has 0 aliphatic carbocycles. The zero-order valence-corrected chi connectivity index (χ0v) is 21.3. The van der Waals surface area contributed by atoms with Crippen molar-refractivity contribution >= 4 is 33.1 Å². The fourth-order valence-corrected chi connectivity index (χ4v) is 5.13. The highest BCUT2D eigenvalue weighted by Gasteiger charge is 2.23. The van der Waals surface area contributed by atoms with Crippen LogP contribution in [0.15, 0.2) is 42.3 Å². The van der Waals surface area contributed by atoms with Gasteiger partial charge in [0.05, 0.1) is 21.9 Å². The van der Waals surface area contributed by atoms with E-state index in [1.807, 2.05) is 30.9 Å². The molecule has 0 aliphatic rings. The number of aromatic nitrogens is 4. The van der Waals surface area contributed by atoms with Crippen molar-refractivity contribution in [3.05, 3.63) is 47.9 Å². The Labute approximate surface area is 206 Å². The van der Waals surface area contributed by atoms with Crippen molar-refractivity contribution in [2.24, 2.45) is 17.4 Å². The molecule has 182 valence electrons. The maximum absolute atomic E-state index is 5.89. The molecule has 9 heteroatoms. The molecule has 0 spiro atoms. The molecule has 0 aliphatic heterocycles. The summed E-state index contributed by atoms with van der Waals surface area (Å²) in [6, 6.07) is 4.38. The van der Waals surface area contributed by atoms with Crippen LogP contribution >= 0.6 is 11.3 Å². The van der Waals surface area contributed by atoms with E-state index in [1.165, 1.54) is 0 Å². The molecule has 0 saturated carbocycles. The minimum Gasteiger partial charge on any atom is -0.405 e. The molecule has 0 radical (unpaired) electrons. The van der Waals surface area contributed by atoms with E-state index in [1.54, 1.807) is 23.7 Å². The Morgan fingerprint density at radius 3 is 2.68 bits per heavy atom. The Balaban J connectivity index is 1.94. The lowest BCUT2D eigenvalue weighted by atomic mass is 9.93.